The summed E-state index contributed by atoms with van der Waals surface area (Å²) >= 11 is 17.7. The molecule has 148 valence electrons. The lowest BCUT2D eigenvalue weighted by Crippen LogP contribution is -2.50. The highest BCUT2D eigenvalue weighted by atomic mass is 35.5. The standard InChI is InChI=1S/C18H16Cl3N3O4/c1-9-12(20)4-3-5-14(9)22-17(26)18(27)24-23-16(25)10(2)28-15-7-6-11(19)8-13(15)21/h3-8,10H,1-2H3,(H,22,26)(H,23,25)(H,24,27). The van der Waals surface area contributed by atoms with Gasteiger partial charge in [0.25, 0.3) is 5.91 Å². The van der Waals surface area contributed by atoms with Crippen LogP contribution < -0.4 is 20.9 Å². The van der Waals surface area contributed by atoms with Crippen molar-refractivity contribution in [1.82, 2.24) is 10.9 Å². The molecular weight excluding hydrogens is 429 g/mol. The van der Waals surface area contributed by atoms with Gasteiger partial charge in [-0.15, -0.1) is 0 Å². The highest BCUT2D eigenvalue weighted by Crippen LogP contribution is 2.28. The molecule has 0 radical (unpaired) electrons. The number of rotatable bonds is 4. The fraction of sp³-hybridized carbons (Fsp3) is 0.167. The fourth-order valence-electron chi connectivity index (χ4n) is 2.01. The molecule has 0 aliphatic carbocycles. The van der Waals surface area contributed by atoms with Crippen molar-refractivity contribution < 1.29 is 19.1 Å². The number of carbonyl (C=O) groups is 3. The summed E-state index contributed by atoms with van der Waals surface area (Å²) < 4.78 is 5.41. The lowest BCUT2D eigenvalue weighted by atomic mass is 10.2. The summed E-state index contributed by atoms with van der Waals surface area (Å²) in [7, 11) is 0. The molecule has 0 saturated carbocycles. The van der Waals surface area contributed by atoms with Crippen molar-refractivity contribution in [2.45, 2.75) is 20.0 Å². The topological polar surface area (TPSA) is 96.5 Å². The molecule has 0 aliphatic rings. The summed E-state index contributed by atoms with van der Waals surface area (Å²) in [6.07, 6.45) is -1.00. The lowest BCUT2D eigenvalue weighted by molar-refractivity contribution is -0.139. The first-order valence-corrected chi connectivity index (χ1v) is 9.10. The normalized spacial score (nSPS) is 11.3. The van der Waals surface area contributed by atoms with Gasteiger partial charge < -0.3 is 10.1 Å². The van der Waals surface area contributed by atoms with E-state index in [4.69, 9.17) is 39.5 Å². The van der Waals surface area contributed by atoms with Crippen LogP contribution in [0.4, 0.5) is 5.69 Å². The van der Waals surface area contributed by atoms with Crippen molar-refractivity contribution in [3.63, 3.8) is 0 Å². The van der Waals surface area contributed by atoms with E-state index in [0.717, 1.165) is 0 Å². The van der Waals surface area contributed by atoms with Gasteiger partial charge in [-0.2, -0.15) is 0 Å². The van der Waals surface area contributed by atoms with Crippen molar-refractivity contribution in [3.05, 3.63) is 57.0 Å². The number of carbonyl (C=O) groups excluding carboxylic acids is 3. The maximum absolute atomic E-state index is 12.0. The van der Waals surface area contributed by atoms with Crippen molar-refractivity contribution in [1.29, 1.82) is 0 Å². The van der Waals surface area contributed by atoms with Crippen LogP contribution in [0.3, 0.4) is 0 Å². The average molecular weight is 445 g/mol. The highest BCUT2D eigenvalue weighted by molar-refractivity contribution is 6.40. The summed E-state index contributed by atoms with van der Waals surface area (Å²) in [6, 6.07) is 9.40. The summed E-state index contributed by atoms with van der Waals surface area (Å²) in [5.74, 6) is -2.48. The van der Waals surface area contributed by atoms with Gasteiger partial charge in [0.1, 0.15) is 5.75 Å². The molecule has 3 amide bonds. The molecule has 1 unspecified atom stereocenters. The van der Waals surface area contributed by atoms with E-state index >= 15 is 0 Å². The van der Waals surface area contributed by atoms with Crippen molar-refractivity contribution in [2.24, 2.45) is 0 Å². The maximum Gasteiger partial charge on any atom is 0.328 e. The number of hydrogen-bond acceptors (Lipinski definition) is 4. The molecule has 0 heterocycles. The molecule has 0 aliphatic heterocycles. The van der Waals surface area contributed by atoms with Crippen LogP contribution in [-0.2, 0) is 14.4 Å². The Bertz CT molecular complexity index is 921. The van der Waals surface area contributed by atoms with E-state index in [1.165, 1.54) is 19.1 Å². The minimum atomic E-state index is -1.07. The Morgan fingerprint density at radius 2 is 1.68 bits per heavy atom. The van der Waals surface area contributed by atoms with E-state index in [-0.39, 0.29) is 10.8 Å². The molecule has 28 heavy (non-hydrogen) atoms. The number of hydrogen-bond donors (Lipinski definition) is 3. The third kappa shape index (κ3) is 5.76. The number of amides is 3. The molecule has 0 bridgehead atoms. The van der Waals surface area contributed by atoms with E-state index in [9.17, 15) is 14.4 Å². The number of ether oxygens (including phenoxy) is 1. The van der Waals surface area contributed by atoms with Crippen LogP contribution >= 0.6 is 34.8 Å². The second-order valence-corrected chi connectivity index (χ2v) is 6.90. The number of hydrazine groups is 1. The molecular formula is C18H16Cl3N3O4. The second-order valence-electron chi connectivity index (χ2n) is 5.64. The Labute approximate surface area is 176 Å². The number of benzene rings is 2. The third-order valence-corrected chi connectivity index (χ3v) is 4.53. The Morgan fingerprint density at radius 3 is 2.36 bits per heavy atom. The summed E-state index contributed by atoms with van der Waals surface area (Å²) in [5, 5.41) is 3.50. The molecule has 1 atom stereocenters. The monoisotopic (exact) mass is 443 g/mol. The minimum absolute atomic E-state index is 0.229. The van der Waals surface area contributed by atoms with Gasteiger partial charge >= 0.3 is 11.8 Å². The molecule has 0 fully saturated rings. The van der Waals surface area contributed by atoms with Gasteiger partial charge in [0.2, 0.25) is 0 Å². The van der Waals surface area contributed by atoms with Crippen LogP contribution in [0.15, 0.2) is 36.4 Å². The predicted molar refractivity (Wildman–Crippen MR) is 108 cm³/mol. The first kappa shape index (κ1) is 21.8. The van der Waals surface area contributed by atoms with Crippen LogP contribution in [0.1, 0.15) is 12.5 Å². The van der Waals surface area contributed by atoms with Gasteiger partial charge in [0.15, 0.2) is 6.10 Å². The van der Waals surface area contributed by atoms with E-state index in [1.54, 1.807) is 31.2 Å². The first-order valence-electron chi connectivity index (χ1n) is 7.97. The Kier molecular flexibility index (Phi) is 7.51. The minimum Gasteiger partial charge on any atom is -0.479 e. The molecule has 7 nitrogen and oxygen atoms in total. The molecule has 0 aromatic heterocycles. The van der Waals surface area contributed by atoms with E-state index < -0.39 is 23.8 Å². The smallest absolute Gasteiger partial charge is 0.328 e. The van der Waals surface area contributed by atoms with Crippen molar-refractivity contribution >= 4 is 58.2 Å². The van der Waals surface area contributed by atoms with Crippen molar-refractivity contribution in [2.75, 3.05) is 5.32 Å². The van der Waals surface area contributed by atoms with E-state index in [1.807, 2.05) is 5.43 Å². The van der Waals surface area contributed by atoms with Gasteiger partial charge in [0.05, 0.1) is 5.02 Å². The fourth-order valence-corrected chi connectivity index (χ4v) is 2.64. The Hall–Kier alpha value is -2.48. The SMILES string of the molecule is Cc1c(Cl)cccc1NC(=O)C(=O)NNC(=O)C(C)Oc1ccc(Cl)cc1Cl. The summed E-state index contributed by atoms with van der Waals surface area (Å²) in [5.41, 5.74) is 5.11. The van der Waals surface area contributed by atoms with Crippen LogP contribution in [0.25, 0.3) is 0 Å². The van der Waals surface area contributed by atoms with E-state index in [0.29, 0.717) is 21.3 Å². The molecule has 0 spiro atoms. The van der Waals surface area contributed by atoms with E-state index in [2.05, 4.69) is 10.7 Å². The first-order chi connectivity index (χ1) is 13.2. The van der Waals surface area contributed by atoms with Gasteiger partial charge in [-0.3, -0.25) is 25.2 Å². The van der Waals surface area contributed by atoms with Gasteiger partial charge in [-0.05, 0) is 49.7 Å². The largest absolute Gasteiger partial charge is 0.479 e. The molecule has 2 aromatic carbocycles. The van der Waals surface area contributed by atoms with Crippen molar-refractivity contribution in [3.8, 4) is 5.75 Å². The molecule has 3 N–H and O–H groups in total. The zero-order chi connectivity index (χ0) is 20.8. The van der Waals surface area contributed by atoms with Gasteiger partial charge in [-0.1, -0.05) is 40.9 Å². The predicted octanol–water partition coefficient (Wildman–Crippen LogP) is 3.51. The Balaban J connectivity index is 1.87. The molecule has 0 saturated heterocycles. The van der Waals surface area contributed by atoms with Gasteiger partial charge in [-0.25, -0.2) is 0 Å². The van der Waals surface area contributed by atoms with Crippen LogP contribution in [0.5, 0.6) is 5.75 Å². The maximum atomic E-state index is 12.0. The quantitative estimate of drug-likeness (QED) is 0.497. The zero-order valence-corrected chi connectivity index (χ0v) is 17.1. The summed E-state index contributed by atoms with van der Waals surface area (Å²) in [4.78, 5) is 35.9. The van der Waals surface area contributed by atoms with Crippen LogP contribution in [0, 0.1) is 6.92 Å². The molecule has 2 aromatic rings. The number of nitrogens with one attached hydrogen (secondary N) is 3. The molecule has 10 heteroatoms. The zero-order valence-electron chi connectivity index (χ0n) is 14.8. The average Bonchev–Trinajstić information content (AvgIpc) is 2.65. The van der Waals surface area contributed by atoms with Crippen LogP contribution in [-0.4, -0.2) is 23.8 Å². The number of anilines is 1. The Morgan fingerprint density at radius 1 is 0.964 bits per heavy atom. The highest BCUT2D eigenvalue weighted by Gasteiger charge is 2.20. The molecule has 2 rings (SSSR count). The van der Waals surface area contributed by atoms with Crippen LogP contribution in [0.2, 0.25) is 15.1 Å². The summed E-state index contributed by atoms with van der Waals surface area (Å²) in [6.45, 7) is 3.14. The number of halogens is 3. The van der Waals surface area contributed by atoms with Gasteiger partial charge in [0, 0.05) is 15.7 Å². The third-order valence-electron chi connectivity index (χ3n) is 3.59. The lowest BCUT2D eigenvalue weighted by Gasteiger charge is -2.16. The second kappa shape index (κ2) is 9.64.